The number of fused-ring (bicyclic) bond motifs is 8. The van der Waals surface area contributed by atoms with Gasteiger partial charge in [-0.2, -0.15) is 0 Å². The third-order valence-corrected chi connectivity index (χ3v) is 11.8. The molecule has 59 heavy (non-hydrogen) atoms. The Morgan fingerprint density at radius 1 is 0.288 bits per heavy atom. The Morgan fingerprint density at radius 2 is 0.780 bits per heavy atom. The van der Waals surface area contributed by atoms with Gasteiger partial charge in [0.25, 0.3) is 0 Å². The van der Waals surface area contributed by atoms with Crippen molar-refractivity contribution in [3.63, 3.8) is 0 Å². The van der Waals surface area contributed by atoms with Crippen LogP contribution in [0.4, 0.5) is 0 Å². The van der Waals surface area contributed by atoms with Crippen molar-refractivity contribution in [2.45, 2.75) is 0 Å². The number of nitrogens with zero attached hydrogens (tertiary/aromatic N) is 4. The van der Waals surface area contributed by atoms with Crippen molar-refractivity contribution in [1.82, 2.24) is 18.7 Å². The average molecular weight is 753 g/mol. The largest absolute Gasteiger partial charge is 0.309 e. The molecule has 0 radical (unpaired) electrons. The van der Waals surface area contributed by atoms with Gasteiger partial charge in [0.2, 0.25) is 0 Å². The molecule has 0 aliphatic carbocycles. The molecule has 3 heterocycles. The van der Waals surface area contributed by atoms with E-state index in [1.165, 1.54) is 54.8 Å². The predicted octanol–water partition coefficient (Wildman–Crippen LogP) is 14.2. The summed E-state index contributed by atoms with van der Waals surface area (Å²) in [5.74, 6) is 0.927. The van der Waals surface area contributed by atoms with E-state index in [1.807, 2.05) is 0 Å². The Labute approximate surface area is 341 Å². The van der Waals surface area contributed by atoms with Crippen molar-refractivity contribution in [3.05, 3.63) is 218 Å². The number of aromatic nitrogens is 4. The van der Waals surface area contributed by atoms with Gasteiger partial charge in [-0.05, 0) is 101 Å². The maximum Gasteiger partial charge on any atom is 0.145 e. The molecule has 0 amide bonds. The van der Waals surface area contributed by atoms with E-state index in [2.05, 4.69) is 232 Å². The summed E-state index contributed by atoms with van der Waals surface area (Å²) in [5, 5.41) is 4.91. The van der Waals surface area contributed by atoms with Crippen LogP contribution in [0, 0.1) is 0 Å². The highest BCUT2D eigenvalue weighted by Gasteiger charge is 2.22. The number of hydrogen-bond donors (Lipinski definition) is 0. The lowest BCUT2D eigenvalue weighted by Gasteiger charge is -2.13. The van der Waals surface area contributed by atoms with E-state index in [1.54, 1.807) is 0 Å². The van der Waals surface area contributed by atoms with Crippen LogP contribution in [0.1, 0.15) is 0 Å². The van der Waals surface area contributed by atoms with Gasteiger partial charge in [0, 0.05) is 44.2 Å². The van der Waals surface area contributed by atoms with Gasteiger partial charge in [-0.25, -0.2) is 4.98 Å². The molecule has 276 valence electrons. The second-order valence-corrected chi connectivity index (χ2v) is 15.2. The van der Waals surface area contributed by atoms with Crippen molar-refractivity contribution in [2.24, 2.45) is 0 Å². The maximum atomic E-state index is 5.10. The molecule has 9 aromatic carbocycles. The summed E-state index contributed by atoms with van der Waals surface area (Å²) in [5.41, 5.74) is 16.0. The molecule has 0 fully saturated rings. The minimum Gasteiger partial charge on any atom is -0.309 e. The molecule has 0 saturated heterocycles. The standard InChI is InChI=1S/C55H36N4/c1-5-15-37(16-6-1)40-25-32-49-46(35-40)45-31-34-52-53(54(45)58(49)42-21-11-4-12-22-42)47-36-41(38-17-7-2-8-18-38)26-33-50(47)57(52)43-27-29-44(30-28-43)59-51-24-14-13-23-48(51)56-55(59)39-19-9-3-10-20-39/h1-36H. The Balaban J connectivity index is 1.14. The van der Waals surface area contributed by atoms with Crippen molar-refractivity contribution in [3.8, 4) is 50.7 Å². The molecule has 0 bridgehead atoms. The third-order valence-electron chi connectivity index (χ3n) is 11.8. The number of hydrogen-bond acceptors (Lipinski definition) is 1. The van der Waals surface area contributed by atoms with E-state index in [-0.39, 0.29) is 0 Å². The minimum atomic E-state index is 0.927. The molecule has 4 heteroatoms. The smallest absolute Gasteiger partial charge is 0.145 e. The highest BCUT2D eigenvalue weighted by molar-refractivity contribution is 6.26. The molecule has 0 atom stereocenters. The monoisotopic (exact) mass is 752 g/mol. The zero-order valence-electron chi connectivity index (χ0n) is 32.1. The molecule has 0 N–H and O–H groups in total. The van der Waals surface area contributed by atoms with E-state index in [4.69, 9.17) is 4.98 Å². The van der Waals surface area contributed by atoms with Crippen molar-refractivity contribution >= 4 is 54.6 Å². The van der Waals surface area contributed by atoms with E-state index in [0.717, 1.165) is 50.5 Å². The quantitative estimate of drug-likeness (QED) is 0.166. The van der Waals surface area contributed by atoms with Crippen LogP contribution in [0.25, 0.3) is 105 Å². The second kappa shape index (κ2) is 13.3. The average Bonchev–Trinajstić information content (AvgIpc) is 3.98. The van der Waals surface area contributed by atoms with Crippen molar-refractivity contribution < 1.29 is 0 Å². The Morgan fingerprint density at radius 3 is 1.42 bits per heavy atom. The molecule has 0 unspecified atom stereocenters. The lowest BCUT2D eigenvalue weighted by atomic mass is 10.0. The van der Waals surface area contributed by atoms with Crippen LogP contribution in [-0.2, 0) is 0 Å². The van der Waals surface area contributed by atoms with E-state index >= 15 is 0 Å². The van der Waals surface area contributed by atoms with Crippen LogP contribution >= 0.6 is 0 Å². The highest BCUT2D eigenvalue weighted by Crippen LogP contribution is 2.44. The van der Waals surface area contributed by atoms with Gasteiger partial charge in [0.15, 0.2) is 0 Å². The van der Waals surface area contributed by atoms with Crippen molar-refractivity contribution in [1.29, 1.82) is 0 Å². The van der Waals surface area contributed by atoms with Crippen molar-refractivity contribution in [2.75, 3.05) is 0 Å². The summed E-state index contributed by atoms with van der Waals surface area (Å²) in [6.07, 6.45) is 0. The molecule has 12 rings (SSSR count). The molecule has 0 spiro atoms. The van der Waals surface area contributed by atoms with Crippen LogP contribution in [0.5, 0.6) is 0 Å². The Kier molecular flexibility index (Phi) is 7.50. The molecule has 12 aromatic rings. The fraction of sp³-hybridized carbons (Fsp3) is 0. The molecular formula is C55H36N4. The molecule has 0 saturated carbocycles. The van der Waals surface area contributed by atoms with Crippen LogP contribution in [0.3, 0.4) is 0 Å². The summed E-state index contributed by atoms with van der Waals surface area (Å²) in [6, 6.07) is 78.6. The van der Waals surface area contributed by atoms with Crippen LogP contribution in [0.2, 0.25) is 0 Å². The fourth-order valence-electron chi connectivity index (χ4n) is 9.17. The third kappa shape index (κ3) is 5.27. The van der Waals surface area contributed by atoms with Gasteiger partial charge in [0.05, 0.1) is 33.1 Å². The highest BCUT2D eigenvalue weighted by atomic mass is 15.1. The number of imidazole rings is 1. The summed E-state index contributed by atoms with van der Waals surface area (Å²) >= 11 is 0. The lowest BCUT2D eigenvalue weighted by molar-refractivity contribution is 1.09. The summed E-state index contributed by atoms with van der Waals surface area (Å²) < 4.78 is 7.19. The molecule has 0 aliphatic heterocycles. The summed E-state index contributed by atoms with van der Waals surface area (Å²) in [6.45, 7) is 0. The van der Waals surface area contributed by atoms with E-state index < -0.39 is 0 Å². The first-order valence-corrected chi connectivity index (χ1v) is 20.1. The fourth-order valence-corrected chi connectivity index (χ4v) is 9.17. The summed E-state index contributed by atoms with van der Waals surface area (Å²) in [7, 11) is 0. The first-order valence-electron chi connectivity index (χ1n) is 20.1. The topological polar surface area (TPSA) is 27.7 Å². The Hall–Kier alpha value is -7.95. The van der Waals surface area contributed by atoms with Gasteiger partial charge in [-0.3, -0.25) is 4.57 Å². The zero-order valence-corrected chi connectivity index (χ0v) is 32.1. The zero-order chi connectivity index (χ0) is 38.9. The first-order chi connectivity index (χ1) is 29.3. The SMILES string of the molecule is c1ccc(-c2ccc3c(c2)c2c(ccc4c5cc(-c6ccccc6)ccc5n(-c5ccccc5)c42)n3-c2ccc(-n3c(-c4ccccc4)nc4ccccc43)cc2)cc1. The molecule has 4 nitrogen and oxygen atoms in total. The minimum absolute atomic E-state index is 0.927. The van der Waals surface area contributed by atoms with Crippen LogP contribution in [-0.4, -0.2) is 18.7 Å². The molecule has 0 aliphatic rings. The van der Waals surface area contributed by atoms with Gasteiger partial charge in [0.1, 0.15) is 5.82 Å². The first kappa shape index (κ1) is 33.2. The predicted molar refractivity (Wildman–Crippen MR) is 246 cm³/mol. The number of para-hydroxylation sites is 3. The Bertz CT molecular complexity index is 3510. The van der Waals surface area contributed by atoms with Gasteiger partial charge in [-0.1, -0.05) is 140 Å². The normalized spacial score (nSPS) is 11.7. The summed E-state index contributed by atoms with van der Waals surface area (Å²) in [4.78, 5) is 5.10. The second-order valence-electron chi connectivity index (χ2n) is 15.2. The van der Waals surface area contributed by atoms with Crippen LogP contribution < -0.4 is 0 Å². The van der Waals surface area contributed by atoms with Gasteiger partial charge < -0.3 is 9.13 Å². The lowest BCUT2D eigenvalue weighted by Crippen LogP contribution is -1.99. The van der Waals surface area contributed by atoms with Crippen LogP contribution in [0.15, 0.2) is 218 Å². The number of rotatable bonds is 6. The molecule has 3 aromatic heterocycles. The molecular weight excluding hydrogens is 717 g/mol. The van der Waals surface area contributed by atoms with E-state index in [9.17, 15) is 0 Å². The number of benzene rings is 9. The van der Waals surface area contributed by atoms with Gasteiger partial charge in [-0.15, -0.1) is 0 Å². The maximum absolute atomic E-state index is 5.10. The van der Waals surface area contributed by atoms with E-state index in [0.29, 0.717) is 0 Å². The van der Waals surface area contributed by atoms with Gasteiger partial charge >= 0.3 is 0 Å².